The SMILES string of the molecule is CC(C)OC1C(C)OC(C(=O)O)C(O)C1O. The van der Waals surface area contributed by atoms with Crippen LogP contribution in [0.1, 0.15) is 20.8 Å². The van der Waals surface area contributed by atoms with Gasteiger partial charge < -0.3 is 24.8 Å². The Bertz CT molecular complexity index is 254. The average molecular weight is 234 g/mol. The van der Waals surface area contributed by atoms with Crippen molar-refractivity contribution < 1.29 is 29.6 Å². The number of ether oxygens (including phenoxy) is 2. The zero-order valence-electron chi connectivity index (χ0n) is 9.53. The van der Waals surface area contributed by atoms with Crippen molar-refractivity contribution in [3.63, 3.8) is 0 Å². The summed E-state index contributed by atoms with van der Waals surface area (Å²) in [6.07, 6.45) is -5.58. The lowest BCUT2D eigenvalue weighted by molar-refractivity contribution is -0.240. The van der Waals surface area contributed by atoms with Crippen LogP contribution in [-0.4, -0.2) is 57.9 Å². The van der Waals surface area contributed by atoms with E-state index in [1.54, 1.807) is 20.8 Å². The van der Waals surface area contributed by atoms with Crippen LogP contribution in [0.15, 0.2) is 0 Å². The fraction of sp³-hybridized carbons (Fsp3) is 0.900. The molecule has 1 fully saturated rings. The Balaban J connectivity index is 2.75. The van der Waals surface area contributed by atoms with Crippen LogP contribution in [0.4, 0.5) is 0 Å². The first-order valence-corrected chi connectivity index (χ1v) is 5.24. The number of carboxylic acids is 1. The normalized spacial score (nSPS) is 40.0. The Morgan fingerprint density at radius 3 is 2.31 bits per heavy atom. The van der Waals surface area contributed by atoms with E-state index in [0.717, 1.165) is 0 Å². The van der Waals surface area contributed by atoms with E-state index >= 15 is 0 Å². The van der Waals surface area contributed by atoms with E-state index < -0.39 is 36.5 Å². The molecule has 0 aromatic rings. The molecule has 0 amide bonds. The summed E-state index contributed by atoms with van der Waals surface area (Å²) in [7, 11) is 0. The predicted octanol–water partition coefficient (Wildman–Crippen LogP) is -0.626. The third-order valence-electron chi connectivity index (χ3n) is 2.49. The second-order valence-electron chi connectivity index (χ2n) is 4.23. The van der Waals surface area contributed by atoms with Crippen LogP contribution in [0.5, 0.6) is 0 Å². The maximum Gasteiger partial charge on any atom is 0.335 e. The van der Waals surface area contributed by atoms with Crippen LogP contribution < -0.4 is 0 Å². The van der Waals surface area contributed by atoms with Crippen molar-refractivity contribution in [2.24, 2.45) is 0 Å². The molecule has 1 heterocycles. The molecule has 16 heavy (non-hydrogen) atoms. The van der Waals surface area contributed by atoms with Crippen LogP contribution in [0, 0.1) is 0 Å². The molecule has 0 aromatic carbocycles. The van der Waals surface area contributed by atoms with Crippen LogP contribution in [0.25, 0.3) is 0 Å². The smallest absolute Gasteiger partial charge is 0.335 e. The lowest BCUT2D eigenvalue weighted by Gasteiger charge is -2.40. The first-order chi connectivity index (χ1) is 7.34. The Morgan fingerprint density at radius 2 is 1.88 bits per heavy atom. The second-order valence-corrected chi connectivity index (χ2v) is 4.23. The number of carbonyl (C=O) groups is 1. The number of aliphatic hydroxyl groups excluding tert-OH is 2. The Hall–Kier alpha value is -0.690. The molecule has 0 saturated carbocycles. The Morgan fingerprint density at radius 1 is 1.31 bits per heavy atom. The van der Waals surface area contributed by atoms with Gasteiger partial charge in [0.1, 0.15) is 18.3 Å². The van der Waals surface area contributed by atoms with Crippen molar-refractivity contribution in [1.29, 1.82) is 0 Å². The first kappa shape index (κ1) is 13.4. The number of aliphatic hydroxyl groups is 2. The van der Waals surface area contributed by atoms with Crippen molar-refractivity contribution >= 4 is 5.97 Å². The fourth-order valence-corrected chi connectivity index (χ4v) is 1.75. The van der Waals surface area contributed by atoms with E-state index in [9.17, 15) is 15.0 Å². The number of carboxylic acid groups (broad SMARTS) is 1. The zero-order chi connectivity index (χ0) is 12.5. The van der Waals surface area contributed by atoms with E-state index in [2.05, 4.69) is 0 Å². The quantitative estimate of drug-likeness (QED) is 0.602. The molecule has 5 atom stereocenters. The summed E-state index contributed by atoms with van der Waals surface area (Å²) in [5.74, 6) is -1.29. The molecule has 1 saturated heterocycles. The van der Waals surface area contributed by atoms with Gasteiger partial charge in [-0.25, -0.2) is 4.79 Å². The minimum Gasteiger partial charge on any atom is -0.479 e. The van der Waals surface area contributed by atoms with Crippen molar-refractivity contribution in [2.45, 2.75) is 57.4 Å². The molecule has 3 N–H and O–H groups in total. The topological polar surface area (TPSA) is 96.2 Å². The van der Waals surface area contributed by atoms with Gasteiger partial charge in [0, 0.05) is 0 Å². The maximum atomic E-state index is 10.7. The molecule has 0 bridgehead atoms. The highest BCUT2D eigenvalue weighted by molar-refractivity contribution is 5.73. The zero-order valence-corrected chi connectivity index (χ0v) is 9.53. The van der Waals surface area contributed by atoms with Gasteiger partial charge in [-0.2, -0.15) is 0 Å². The summed E-state index contributed by atoms with van der Waals surface area (Å²) in [6.45, 7) is 5.18. The average Bonchev–Trinajstić information content (AvgIpc) is 2.17. The molecule has 0 aliphatic carbocycles. The van der Waals surface area contributed by atoms with Crippen molar-refractivity contribution in [3.05, 3.63) is 0 Å². The van der Waals surface area contributed by atoms with Crippen LogP contribution >= 0.6 is 0 Å². The lowest BCUT2D eigenvalue weighted by Crippen LogP contribution is -2.60. The summed E-state index contributed by atoms with van der Waals surface area (Å²) in [6, 6.07) is 0. The van der Waals surface area contributed by atoms with Crippen LogP contribution in [0.3, 0.4) is 0 Å². The van der Waals surface area contributed by atoms with Crippen molar-refractivity contribution in [3.8, 4) is 0 Å². The molecule has 94 valence electrons. The predicted molar refractivity (Wildman–Crippen MR) is 54.0 cm³/mol. The van der Waals surface area contributed by atoms with Gasteiger partial charge in [0.2, 0.25) is 0 Å². The van der Waals surface area contributed by atoms with Gasteiger partial charge in [-0.05, 0) is 20.8 Å². The van der Waals surface area contributed by atoms with Gasteiger partial charge in [-0.1, -0.05) is 0 Å². The van der Waals surface area contributed by atoms with Gasteiger partial charge in [-0.3, -0.25) is 0 Å². The molecular formula is C10H18O6. The molecule has 6 heteroatoms. The first-order valence-electron chi connectivity index (χ1n) is 5.24. The van der Waals surface area contributed by atoms with Gasteiger partial charge in [0.05, 0.1) is 12.2 Å². The van der Waals surface area contributed by atoms with E-state index in [1.807, 2.05) is 0 Å². The van der Waals surface area contributed by atoms with Gasteiger partial charge >= 0.3 is 5.97 Å². The van der Waals surface area contributed by atoms with Crippen LogP contribution in [0.2, 0.25) is 0 Å². The molecule has 1 aliphatic rings. The van der Waals surface area contributed by atoms with Gasteiger partial charge in [-0.15, -0.1) is 0 Å². The number of hydrogen-bond donors (Lipinski definition) is 3. The van der Waals surface area contributed by atoms with Crippen molar-refractivity contribution in [2.75, 3.05) is 0 Å². The molecule has 1 rings (SSSR count). The number of aliphatic carboxylic acids is 1. The third-order valence-corrected chi connectivity index (χ3v) is 2.49. The minimum atomic E-state index is -1.47. The summed E-state index contributed by atoms with van der Waals surface area (Å²) < 4.78 is 10.5. The Labute approximate surface area is 93.8 Å². The summed E-state index contributed by atoms with van der Waals surface area (Å²) in [5.41, 5.74) is 0. The molecule has 6 nitrogen and oxygen atoms in total. The number of rotatable bonds is 3. The van der Waals surface area contributed by atoms with E-state index in [1.165, 1.54) is 0 Å². The molecule has 0 radical (unpaired) electrons. The second kappa shape index (κ2) is 5.09. The third kappa shape index (κ3) is 2.70. The monoisotopic (exact) mass is 234 g/mol. The molecular weight excluding hydrogens is 216 g/mol. The Kier molecular flexibility index (Phi) is 4.26. The molecule has 0 spiro atoms. The molecule has 5 unspecified atom stereocenters. The van der Waals surface area contributed by atoms with Crippen molar-refractivity contribution in [1.82, 2.24) is 0 Å². The number of hydrogen-bond acceptors (Lipinski definition) is 5. The highest BCUT2D eigenvalue weighted by Gasteiger charge is 2.46. The van der Waals surface area contributed by atoms with E-state index in [-0.39, 0.29) is 6.10 Å². The lowest BCUT2D eigenvalue weighted by atomic mass is 9.95. The minimum absolute atomic E-state index is 0.140. The largest absolute Gasteiger partial charge is 0.479 e. The maximum absolute atomic E-state index is 10.7. The summed E-state index contributed by atoms with van der Waals surface area (Å²) >= 11 is 0. The fourth-order valence-electron chi connectivity index (χ4n) is 1.75. The highest BCUT2D eigenvalue weighted by atomic mass is 16.6. The molecule has 0 aromatic heterocycles. The van der Waals surface area contributed by atoms with E-state index in [0.29, 0.717) is 0 Å². The van der Waals surface area contributed by atoms with E-state index in [4.69, 9.17) is 14.6 Å². The summed E-state index contributed by atoms with van der Waals surface area (Å²) in [5, 5.41) is 28.1. The molecule has 1 aliphatic heterocycles. The highest BCUT2D eigenvalue weighted by Crippen LogP contribution is 2.24. The standard InChI is InChI=1S/C10H18O6/c1-4(2)15-8-5(3)16-9(10(13)14)7(12)6(8)11/h4-9,11-12H,1-3H3,(H,13,14). The summed E-state index contributed by atoms with van der Waals surface area (Å²) in [4.78, 5) is 10.7. The van der Waals surface area contributed by atoms with Gasteiger partial charge in [0.25, 0.3) is 0 Å². The van der Waals surface area contributed by atoms with Gasteiger partial charge in [0.15, 0.2) is 6.10 Å². The van der Waals surface area contributed by atoms with Crippen LogP contribution in [-0.2, 0) is 14.3 Å².